The lowest BCUT2D eigenvalue weighted by molar-refractivity contribution is -0.145. The number of fused-ring (bicyclic) bond motifs is 1. The second-order valence-electron chi connectivity index (χ2n) is 7.00. The quantitative estimate of drug-likeness (QED) is 0.640. The number of benzene rings is 1. The highest BCUT2D eigenvalue weighted by atomic mass is 16.5. The normalized spacial score (nSPS) is 11.9. The predicted octanol–water partition coefficient (Wildman–Crippen LogP) is 3.00. The maximum atomic E-state index is 12.4. The summed E-state index contributed by atoms with van der Waals surface area (Å²) in [5, 5.41) is 3.26. The Hall–Kier alpha value is -3.03. The zero-order chi connectivity index (χ0) is 21.6. The van der Waals surface area contributed by atoms with Crippen LogP contribution in [0.2, 0.25) is 0 Å². The summed E-state index contributed by atoms with van der Waals surface area (Å²) in [4.78, 5) is 36.3. The number of carbonyl (C=O) groups is 3. The van der Waals surface area contributed by atoms with E-state index < -0.39 is 30.5 Å². The molecule has 0 radical (unpaired) electrons. The largest absolute Gasteiger partial charge is 0.494 e. The van der Waals surface area contributed by atoms with E-state index >= 15 is 0 Å². The Bertz CT molecular complexity index is 885. The van der Waals surface area contributed by atoms with Gasteiger partial charge in [-0.25, -0.2) is 9.59 Å². The summed E-state index contributed by atoms with van der Waals surface area (Å²) in [5.74, 6) is -1.04. The maximum absolute atomic E-state index is 12.4. The lowest BCUT2D eigenvalue weighted by atomic mass is 10.0. The summed E-state index contributed by atoms with van der Waals surface area (Å²) in [6.45, 7) is 7.44. The summed E-state index contributed by atoms with van der Waals surface area (Å²) in [6.07, 6.45) is 0.414. The van der Waals surface area contributed by atoms with E-state index in [1.54, 1.807) is 25.1 Å². The van der Waals surface area contributed by atoms with Gasteiger partial charge in [-0.2, -0.15) is 0 Å². The highest BCUT2D eigenvalue weighted by Crippen LogP contribution is 2.29. The number of hydrogen-bond acceptors (Lipinski definition) is 7. The molecule has 8 heteroatoms. The van der Waals surface area contributed by atoms with Crippen LogP contribution in [0.15, 0.2) is 22.6 Å². The number of nitrogens with one attached hydrogen (secondary N) is 1. The molecule has 0 saturated heterocycles. The molecular weight excluding hydrogens is 378 g/mol. The molecule has 1 N–H and O–H groups in total. The molecule has 0 aliphatic rings. The van der Waals surface area contributed by atoms with Crippen molar-refractivity contribution in [3.8, 4) is 5.75 Å². The van der Waals surface area contributed by atoms with Crippen LogP contribution in [0, 0.1) is 12.8 Å². The number of esters is 2. The van der Waals surface area contributed by atoms with Crippen LogP contribution in [-0.2, 0) is 19.1 Å². The highest BCUT2D eigenvalue weighted by Gasteiger charge is 2.24. The van der Waals surface area contributed by atoms with Crippen molar-refractivity contribution < 1.29 is 33.0 Å². The molecular formula is C21H27NO7. The number of ether oxygens (including phenoxy) is 3. The van der Waals surface area contributed by atoms with Gasteiger partial charge in [-0.1, -0.05) is 13.8 Å². The van der Waals surface area contributed by atoms with E-state index in [9.17, 15) is 14.4 Å². The second-order valence-corrected chi connectivity index (χ2v) is 7.00. The van der Waals surface area contributed by atoms with E-state index in [4.69, 9.17) is 18.6 Å². The van der Waals surface area contributed by atoms with Crippen LogP contribution in [0.3, 0.4) is 0 Å². The fourth-order valence-corrected chi connectivity index (χ4v) is 2.91. The Balaban J connectivity index is 2.03. The summed E-state index contributed by atoms with van der Waals surface area (Å²) >= 11 is 0. The first kappa shape index (κ1) is 22.3. The topological polar surface area (TPSA) is 104 Å². The number of methoxy groups -OCH3 is 1. The Kier molecular flexibility index (Phi) is 7.64. The van der Waals surface area contributed by atoms with E-state index in [2.05, 4.69) is 5.32 Å². The molecule has 1 aromatic heterocycles. The van der Waals surface area contributed by atoms with E-state index in [0.29, 0.717) is 29.9 Å². The molecule has 2 aromatic rings. The SMILES string of the molecule is CCOc1ccc2oc(C(=O)OCC(=O)N[C@H](CC(C)C)C(=O)OC)c(C)c2c1. The molecule has 0 spiro atoms. The molecule has 0 fully saturated rings. The number of furan rings is 1. The van der Waals surface area contributed by atoms with Crippen LogP contribution >= 0.6 is 0 Å². The van der Waals surface area contributed by atoms with E-state index in [1.807, 2.05) is 20.8 Å². The average molecular weight is 405 g/mol. The van der Waals surface area contributed by atoms with Crippen molar-refractivity contribution in [2.45, 2.75) is 40.2 Å². The van der Waals surface area contributed by atoms with Gasteiger partial charge in [0.15, 0.2) is 6.61 Å². The number of amides is 1. The molecule has 29 heavy (non-hydrogen) atoms. The molecule has 0 bridgehead atoms. The smallest absolute Gasteiger partial charge is 0.375 e. The molecule has 1 aromatic carbocycles. The minimum Gasteiger partial charge on any atom is -0.494 e. The predicted molar refractivity (Wildman–Crippen MR) is 106 cm³/mol. The maximum Gasteiger partial charge on any atom is 0.375 e. The van der Waals surface area contributed by atoms with Crippen molar-refractivity contribution in [3.63, 3.8) is 0 Å². The number of aryl methyl sites for hydroxylation is 1. The highest BCUT2D eigenvalue weighted by molar-refractivity contribution is 5.97. The molecule has 2 rings (SSSR count). The molecule has 0 aliphatic carbocycles. The second kappa shape index (κ2) is 9.95. The zero-order valence-corrected chi connectivity index (χ0v) is 17.4. The molecule has 0 aliphatic heterocycles. The van der Waals surface area contributed by atoms with Crippen LogP contribution in [-0.4, -0.2) is 44.2 Å². The Morgan fingerprint density at radius 1 is 1.21 bits per heavy atom. The van der Waals surface area contributed by atoms with Gasteiger partial charge in [0.1, 0.15) is 17.4 Å². The molecule has 158 valence electrons. The summed E-state index contributed by atoms with van der Waals surface area (Å²) in [6, 6.07) is 4.45. The van der Waals surface area contributed by atoms with Gasteiger partial charge in [-0.3, -0.25) is 4.79 Å². The fraction of sp³-hybridized carbons (Fsp3) is 0.476. The lowest BCUT2D eigenvalue weighted by Gasteiger charge is -2.18. The Morgan fingerprint density at radius 2 is 1.93 bits per heavy atom. The first-order valence-electron chi connectivity index (χ1n) is 9.47. The minimum absolute atomic E-state index is 0.0214. The van der Waals surface area contributed by atoms with Crippen LogP contribution in [0.1, 0.15) is 43.3 Å². The van der Waals surface area contributed by atoms with Crippen LogP contribution in [0.25, 0.3) is 11.0 Å². The molecule has 0 saturated carbocycles. The van der Waals surface area contributed by atoms with Gasteiger partial charge in [-0.05, 0) is 44.4 Å². The van der Waals surface area contributed by atoms with Crippen LogP contribution < -0.4 is 10.1 Å². The molecule has 1 heterocycles. The van der Waals surface area contributed by atoms with Gasteiger partial charge in [0.2, 0.25) is 5.76 Å². The monoisotopic (exact) mass is 405 g/mol. The molecule has 8 nitrogen and oxygen atoms in total. The van der Waals surface area contributed by atoms with E-state index in [0.717, 1.165) is 5.39 Å². The summed E-state index contributed by atoms with van der Waals surface area (Å²) in [7, 11) is 1.25. The van der Waals surface area contributed by atoms with Gasteiger partial charge in [-0.15, -0.1) is 0 Å². The Labute approximate surface area is 169 Å². The minimum atomic E-state index is -0.795. The van der Waals surface area contributed by atoms with Crippen LogP contribution in [0.5, 0.6) is 5.75 Å². The van der Waals surface area contributed by atoms with Gasteiger partial charge >= 0.3 is 11.9 Å². The third-order valence-electron chi connectivity index (χ3n) is 4.27. The summed E-state index contributed by atoms with van der Waals surface area (Å²) in [5.41, 5.74) is 1.12. The first-order chi connectivity index (χ1) is 13.8. The third-order valence-corrected chi connectivity index (χ3v) is 4.27. The van der Waals surface area contributed by atoms with E-state index in [1.165, 1.54) is 7.11 Å². The first-order valence-corrected chi connectivity index (χ1v) is 9.47. The van der Waals surface area contributed by atoms with Crippen molar-refractivity contribution in [2.75, 3.05) is 20.3 Å². The van der Waals surface area contributed by atoms with Gasteiger partial charge in [0.05, 0.1) is 13.7 Å². The van der Waals surface area contributed by atoms with Crippen molar-refractivity contribution in [2.24, 2.45) is 5.92 Å². The fourth-order valence-electron chi connectivity index (χ4n) is 2.91. The molecule has 1 amide bonds. The van der Waals surface area contributed by atoms with Gasteiger partial charge < -0.3 is 23.9 Å². The van der Waals surface area contributed by atoms with Gasteiger partial charge in [0.25, 0.3) is 5.91 Å². The van der Waals surface area contributed by atoms with Crippen molar-refractivity contribution >= 4 is 28.8 Å². The van der Waals surface area contributed by atoms with Crippen molar-refractivity contribution in [3.05, 3.63) is 29.5 Å². The number of hydrogen-bond donors (Lipinski definition) is 1. The van der Waals surface area contributed by atoms with E-state index in [-0.39, 0.29) is 11.7 Å². The molecule has 1 atom stereocenters. The van der Waals surface area contributed by atoms with Crippen LogP contribution in [0.4, 0.5) is 0 Å². The average Bonchev–Trinajstić information content (AvgIpc) is 3.01. The zero-order valence-electron chi connectivity index (χ0n) is 17.4. The standard InChI is InChI=1S/C21H27NO7/c1-6-27-14-7-8-17-15(10-14)13(4)19(29-17)21(25)28-11-18(23)22-16(9-12(2)3)20(24)26-5/h7-8,10,12,16H,6,9,11H2,1-5H3,(H,22,23)/t16-/m1/s1. The van der Waals surface area contributed by atoms with Crippen molar-refractivity contribution in [1.29, 1.82) is 0 Å². The van der Waals surface area contributed by atoms with Gasteiger partial charge in [0, 0.05) is 10.9 Å². The van der Waals surface area contributed by atoms with Crippen molar-refractivity contribution in [1.82, 2.24) is 5.32 Å². The number of carbonyl (C=O) groups excluding carboxylic acids is 3. The number of rotatable bonds is 9. The third kappa shape index (κ3) is 5.73. The lowest BCUT2D eigenvalue weighted by Crippen LogP contribution is -2.44. The molecule has 0 unspecified atom stereocenters. The summed E-state index contributed by atoms with van der Waals surface area (Å²) < 4.78 is 20.8. The Morgan fingerprint density at radius 3 is 2.55 bits per heavy atom.